The van der Waals surface area contributed by atoms with Crippen molar-refractivity contribution in [2.24, 2.45) is 0 Å². The Kier molecular flexibility index (Phi) is 5.16. The van der Waals surface area contributed by atoms with Gasteiger partial charge in [-0.3, -0.25) is 4.79 Å². The number of anilines is 1. The maximum atomic E-state index is 11.8. The average molecular weight is 368 g/mol. The number of benzene rings is 2. The fourth-order valence-electron chi connectivity index (χ4n) is 3.50. The first-order valence-electron chi connectivity index (χ1n) is 9.31. The fraction of sp³-hybridized carbons (Fsp3) is 0.381. The Morgan fingerprint density at radius 2 is 1.85 bits per heavy atom. The Hall–Kier alpha value is -2.73. The molecule has 1 saturated heterocycles. The standard InChI is InChI=1S/C21H24N2O4/c1-25-18-11-16(12-19-21(18)27-10-9-26-19)14-22-13-15-4-6-17(7-5-15)23-8-2-3-20(23)24/h4-7,11-12,22H,2-3,8-10,13-14H2,1H3. The van der Waals surface area contributed by atoms with E-state index in [9.17, 15) is 4.79 Å². The first-order valence-corrected chi connectivity index (χ1v) is 9.31. The van der Waals surface area contributed by atoms with Gasteiger partial charge in [0.1, 0.15) is 13.2 Å². The van der Waals surface area contributed by atoms with E-state index < -0.39 is 0 Å². The normalized spacial score (nSPS) is 15.9. The van der Waals surface area contributed by atoms with Crippen LogP contribution in [-0.2, 0) is 17.9 Å². The Balaban J connectivity index is 1.36. The minimum absolute atomic E-state index is 0.216. The summed E-state index contributed by atoms with van der Waals surface area (Å²) in [7, 11) is 1.64. The molecule has 0 bridgehead atoms. The van der Waals surface area contributed by atoms with E-state index in [1.54, 1.807) is 7.11 Å². The van der Waals surface area contributed by atoms with Gasteiger partial charge in [0.25, 0.3) is 0 Å². The second-order valence-electron chi connectivity index (χ2n) is 6.74. The number of carbonyl (C=O) groups excluding carboxylic acids is 1. The van der Waals surface area contributed by atoms with Crippen LogP contribution >= 0.6 is 0 Å². The van der Waals surface area contributed by atoms with Gasteiger partial charge in [-0.1, -0.05) is 12.1 Å². The lowest BCUT2D eigenvalue weighted by Gasteiger charge is -2.21. The summed E-state index contributed by atoms with van der Waals surface area (Å²) < 4.78 is 16.7. The lowest BCUT2D eigenvalue weighted by molar-refractivity contribution is -0.117. The van der Waals surface area contributed by atoms with E-state index in [0.717, 1.165) is 36.5 Å². The highest BCUT2D eigenvalue weighted by molar-refractivity contribution is 5.95. The molecule has 142 valence electrons. The molecule has 0 unspecified atom stereocenters. The first kappa shape index (κ1) is 17.7. The second-order valence-corrected chi connectivity index (χ2v) is 6.74. The summed E-state index contributed by atoms with van der Waals surface area (Å²) in [5.74, 6) is 2.33. The summed E-state index contributed by atoms with van der Waals surface area (Å²) in [6.45, 7) is 3.35. The minimum atomic E-state index is 0.216. The monoisotopic (exact) mass is 368 g/mol. The predicted molar refractivity (Wildman–Crippen MR) is 103 cm³/mol. The summed E-state index contributed by atoms with van der Waals surface area (Å²) in [5.41, 5.74) is 3.24. The van der Waals surface area contributed by atoms with Crippen LogP contribution in [0.2, 0.25) is 0 Å². The number of hydrogen-bond donors (Lipinski definition) is 1. The molecule has 0 spiro atoms. The van der Waals surface area contributed by atoms with Crippen LogP contribution < -0.4 is 24.4 Å². The number of carbonyl (C=O) groups is 1. The van der Waals surface area contributed by atoms with Gasteiger partial charge in [0.05, 0.1) is 7.11 Å². The van der Waals surface area contributed by atoms with Crippen molar-refractivity contribution in [3.8, 4) is 17.2 Å². The minimum Gasteiger partial charge on any atom is -0.493 e. The molecule has 1 N–H and O–H groups in total. The predicted octanol–water partition coefficient (Wildman–Crippen LogP) is 2.88. The van der Waals surface area contributed by atoms with Crippen LogP contribution in [0.25, 0.3) is 0 Å². The Morgan fingerprint density at radius 3 is 2.59 bits per heavy atom. The highest BCUT2D eigenvalue weighted by atomic mass is 16.6. The number of rotatable bonds is 6. The number of methoxy groups -OCH3 is 1. The van der Waals surface area contributed by atoms with Crippen LogP contribution in [0.3, 0.4) is 0 Å². The zero-order chi connectivity index (χ0) is 18.6. The van der Waals surface area contributed by atoms with Gasteiger partial charge in [0.2, 0.25) is 11.7 Å². The SMILES string of the molecule is COc1cc(CNCc2ccc(N3CCCC3=O)cc2)cc2c1OCCO2. The fourth-order valence-corrected chi connectivity index (χ4v) is 3.50. The van der Waals surface area contributed by atoms with Crippen LogP contribution in [0, 0.1) is 0 Å². The summed E-state index contributed by atoms with van der Waals surface area (Å²) in [6, 6.07) is 12.1. The third-order valence-corrected chi connectivity index (χ3v) is 4.87. The lowest BCUT2D eigenvalue weighted by Crippen LogP contribution is -2.23. The molecule has 27 heavy (non-hydrogen) atoms. The van der Waals surface area contributed by atoms with Crippen LogP contribution in [0.1, 0.15) is 24.0 Å². The molecule has 2 aromatic rings. The number of fused-ring (bicyclic) bond motifs is 1. The van der Waals surface area contributed by atoms with Gasteiger partial charge in [-0.2, -0.15) is 0 Å². The Bertz CT molecular complexity index is 802. The molecule has 0 aromatic heterocycles. The van der Waals surface area contributed by atoms with Crippen LogP contribution in [0.5, 0.6) is 17.2 Å². The van der Waals surface area contributed by atoms with Crippen molar-refractivity contribution in [3.05, 3.63) is 47.5 Å². The maximum absolute atomic E-state index is 11.8. The van der Waals surface area contributed by atoms with Crippen LogP contribution in [0.4, 0.5) is 5.69 Å². The molecule has 2 aliphatic heterocycles. The van der Waals surface area contributed by atoms with Gasteiger partial charge in [-0.15, -0.1) is 0 Å². The average Bonchev–Trinajstić information content (AvgIpc) is 3.14. The van der Waals surface area contributed by atoms with E-state index in [1.807, 2.05) is 29.2 Å². The maximum Gasteiger partial charge on any atom is 0.227 e. The lowest BCUT2D eigenvalue weighted by atomic mass is 10.1. The molecule has 6 nitrogen and oxygen atoms in total. The zero-order valence-electron chi connectivity index (χ0n) is 15.5. The number of amides is 1. The quantitative estimate of drug-likeness (QED) is 0.850. The van der Waals surface area contributed by atoms with E-state index in [4.69, 9.17) is 14.2 Å². The second kappa shape index (κ2) is 7.88. The van der Waals surface area contributed by atoms with Gasteiger partial charge in [-0.25, -0.2) is 0 Å². The molecule has 2 heterocycles. The largest absolute Gasteiger partial charge is 0.493 e. The molecule has 1 fully saturated rings. The number of nitrogens with one attached hydrogen (secondary N) is 1. The summed E-state index contributed by atoms with van der Waals surface area (Å²) >= 11 is 0. The van der Waals surface area contributed by atoms with Gasteiger partial charge in [0.15, 0.2) is 11.5 Å². The molecule has 1 amide bonds. The third-order valence-electron chi connectivity index (χ3n) is 4.87. The molecular weight excluding hydrogens is 344 g/mol. The van der Waals surface area contributed by atoms with Gasteiger partial charge < -0.3 is 24.4 Å². The third kappa shape index (κ3) is 3.85. The van der Waals surface area contributed by atoms with Gasteiger partial charge in [-0.05, 0) is 41.8 Å². The Labute approximate surface area is 159 Å². The van der Waals surface area contributed by atoms with E-state index in [0.29, 0.717) is 37.7 Å². The first-order chi connectivity index (χ1) is 13.2. The van der Waals surface area contributed by atoms with Gasteiger partial charge >= 0.3 is 0 Å². The summed E-state index contributed by atoms with van der Waals surface area (Å²) in [6.07, 6.45) is 1.60. The van der Waals surface area contributed by atoms with Crippen molar-refractivity contribution < 1.29 is 19.0 Å². The Morgan fingerprint density at radius 1 is 1.07 bits per heavy atom. The molecule has 0 aliphatic carbocycles. The molecule has 0 radical (unpaired) electrons. The molecular formula is C21H24N2O4. The number of hydrogen-bond acceptors (Lipinski definition) is 5. The number of nitrogens with zero attached hydrogens (tertiary/aromatic N) is 1. The molecule has 2 aliphatic rings. The molecule has 4 rings (SSSR count). The van der Waals surface area contributed by atoms with E-state index in [2.05, 4.69) is 17.4 Å². The van der Waals surface area contributed by atoms with Crippen molar-refractivity contribution in [1.82, 2.24) is 5.32 Å². The van der Waals surface area contributed by atoms with Gasteiger partial charge in [0, 0.05) is 31.7 Å². The van der Waals surface area contributed by atoms with Crippen molar-refractivity contribution >= 4 is 11.6 Å². The van der Waals surface area contributed by atoms with E-state index in [1.165, 1.54) is 5.56 Å². The number of ether oxygens (including phenoxy) is 3. The van der Waals surface area contributed by atoms with Crippen LogP contribution in [-0.4, -0.2) is 32.8 Å². The molecule has 0 atom stereocenters. The molecule has 6 heteroatoms. The smallest absolute Gasteiger partial charge is 0.227 e. The summed E-state index contributed by atoms with van der Waals surface area (Å²) in [5, 5.41) is 3.44. The molecule has 0 saturated carbocycles. The topological polar surface area (TPSA) is 60.0 Å². The van der Waals surface area contributed by atoms with Crippen molar-refractivity contribution in [1.29, 1.82) is 0 Å². The van der Waals surface area contributed by atoms with Crippen LogP contribution in [0.15, 0.2) is 36.4 Å². The highest BCUT2D eigenvalue weighted by Gasteiger charge is 2.21. The van der Waals surface area contributed by atoms with E-state index >= 15 is 0 Å². The van der Waals surface area contributed by atoms with Crippen molar-refractivity contribution in [2.45, 2.75) is 25.9 Å². The zero-order valence-corrected chi connectivity index (χ0v) is 15.5. The highest BCUT2D eigenvalue weighted by Crippen LogP contribution is 2.40. The van der Waals surface area contributed by atoms with E-state index in [-0.39, 0.29) is 5.91 Å². The van der Waals surface area contributed by atoms with Crippen molar-refractivity contribution in [3.63, 3.8) is 0 Å². The summed E-state index contributed by atoms with van der Waals surface area (Å²) in [4.78, 5) is 13.7. The molecule has 2 aromatic carbocycles. The van der Waals surface area contributed by atoms with Crippen molar-refractivity contribution in [2.75, 3.05) is 31.8 Å².